The lowest BCUT2D eigenvalue weighted by atomic mass is 10.1. The van der Waals surface area contributed by atoms with Crippen LogP contribution >= 0.6 is 46.4 Å². The second-order valence-corrected chi connectivity index (χ2v) is 16.1. The Labute approximate surface area is 401 Å². The first-order valence-electron chi connectivity index (χ1n) is 19.3. The number of rotatable bonds is 14. The van der Waals surface area contributed by atoms with Crippen molar-refractivity contribution in [3.63, 3.8) is 0 Å². The van der Waals surface area contributed by atoms with Gasteiger partial charge in [0, 0.05) is 22.7 Å². The van der Waals surface area contributed by atoms with E-state index in [1.807, 2.05) is 0 Å². The maximum absolute atomic E-state index is 13.4. The summed E-state index contributed by atoms with van der Waals surface area (Å²) in [6, 6.07) is 12.7. The fourth-order valence-corrected chi connectivity index (χ4v) is 7.04. The van der Waals surface area contributed by atoms with Crippen molar-refractivity contribution >= 4 is 116 Å². The fourth-order valence-electron chi connectivity index (χ4n) is 6.09. The maximum atomic E-state index is 13.4. The van der Waals surface area contributed by atoms with Crippen molar-refractivity contribution in [2.75, 3.05) is 21.3 Å². The van der Waals surface area contributed by atoms with Crippen LogP contribution in [-0.2, 0) is 31.5 Å². The van der Waals surface area contributed by atoms with E-state index in [2.05, 4.69) is 41.7 Å². The Balaban J connectivity index is 1.27. The fraction of sp³-hybridized carbons (Fsp3) is 0.182. The van der Waals surface area contributed by atoms with Crippen LogP contribution in [0.25, 0.3) is 0 Å². The van der Waals surface area contributed by atoms with Crippen LogP contribution in [0.3, 0.4) is 0 Å². The van der Waals surface area contributed by atoms with E-state index in [9.17, 15) is 55.1 Å². The van der Waals surface area contributed by atoms with Gasteiger partial charge in [0.15, 0.2) is 11.6 Å². The molecule has 5 aromatic carbocycles. The minimum Gasteiger partial charge on any atom is -0.324 e. The molecule has 0 fully saturated rings. The lowest BCUT2D eigenvalue weighted by molar-refractivity contribution is -0.138. The van der Waals surface area contributed by atoms with Crippen molar-refractivity contribution < 1.29 is 55.1 Å². The number of halogens is 10. The molecule has 68 heavy (non-hydrogen) atoms. The molecule has 4 amide bonds. The predicted molar refractivity (Wildman–Crippen MR) is 243 cm³/mol. The van der Waals surface area contributed by atoms with Gasteiger partial charge in [-0.2, -0.15) is 46.8 Å². The first-order valence-corrected chi connectivity index (χ1v) is 20.8. The van der Waals surface area contributed by atoms with E-state index < -0.39 is 80.8 Å². The van der Waals surface area contributed by atoms with Crippen LogP contribution < -0.4 is 21.3 Å². The Morgan fingerprint density at radius 2 is 0.897 bits per heavy atom. The number of Topliss-reactive ketones (excluding diaryl/α,β-unsaturated/α-hetero) is 2. The van der Waals surface area contributed by atoms with Crippen LogP contribution in [0.4, 0.5) is 60.5 Å². The van der Waals surface area contributed by atoms with Gasteiger partial charge < -0.3 is 21.3 Å². The summed E-state index contributed by atoms with van der Waals surface area (Å²) < 4.78 is 80.1. The zero-order chi connectivity index (χ0) is 50.4. The smallest absolute Gasteiger partial charge is 0.324 e. The average molecular weight is 1020 g/mol. The summed E-state index contributed by atoms with van der Waals surface area (Å²) in [5, 5.41) is 23.5. The van der Waals surface area contributed by atoms with Gasteiger partial charge in [0.25, 0.3) is 23.6 Å². The van der Waals surface area contributed by atoms with Crippen molar-refractivity contribution in [3.05, 3.63) is 138 Å². The summed E-state index contributed by atoms with van der Waals surface area (Å²) in [7, 11) is 0. The van der Waals surface area contributed by atoms with Crippen LogP contribution in [0.5, 0.6) is 0 Å². The summed E-state index contributed by atoms with van der Waals surface area (Å²) in [6.07, 6.45) is -9.59. The number of anilines is 4. The van der Waals surface area contributed by atoms with E-state index in [1.54, 1.807) is 13.8 Å². The highest BCUT2D eigenvalue weighted by Crippen LogP contribution is 2.39. The quantitative estimate of drug-likeness (QED) is 0.0484. The number of nitrogens with zero attached hydrogens (tertiary/aromatic N) is 4. The molecule has 14 nitrogen and oxygen atoms in total. The number of ketones is 2. The molecule has 0 heterocycles. The Kier molecular flexibility index (Phi) is 16.5. The molecule has 2 unspecified atom stereocenters. The molecule has 0 saturated carbocycles. The molecule has 5 rings (SSSR count). The largest absolute Gasteiger partial charge is 0.417 e. The molecule has 5 aromatic rings. The molecule has 0 aliphatic heterocycles. The lowest BCUT2D eigenvalue weighted by Gasteiger charge is -2.17. The first kappa shape index (κ1) is 52.2. The molecule has 4 N–H and O–H groups in total. The molecule has 0 saturated heterocycles. The van der Waals surface area contributed by atoms with E-state index in [0.717, 1.165) is 38.1 Å². The van der Waals surface area contributed by atoms with Crippen molar-refractivity contribution in [2.24, 2.45) is 20.5 Å². The van der Waals surface area contributed by atoms with Gasteiger partial charge in [-0.15, -0.1) is 0 Å². The molecule has 24 heteroatoms. The minimum atomic E-state index is -4.80. The maximum Gasteiger partial charge on any atom is 0.417 e. The summed E-state index contributed by atoms with van der Waals surface area (Å²) in [5.74, 6) is -5.21. The Morgan fingerprint density at radius 3 is 1.26 bits per heavy atom. The van der Waals surface area contributed by atoms with Gasteiger partial charge in [0.05, 0.1) is 42.3 Å². The summed E-state index contributed by atoms with van der Waals surface area (Å²) in [4.78, 5) is 78.0. The topological polar surface area (TPSA) is 200 Å². The van der Waals surface area contributed by atoms with E-state index in [-0.39, 0.29) is 55.3 Å². The second kappa shape index (κ2) is 21.5. The normalized spacial score (nSPS) is 12.7. The Bertz CT molecular complexity index is 2910. The van der Waals surface area contributed by atoms with Crippen molar-refractivity contribution in [3.8, 4) is 0 Å². The Morgan fingerprint density at radius 1 is 0.515 bits per heavy atom. The summed E-state index contributed by atoms with van der Waals surface area (Å²) in [6.45, 7) is 5.25. The molecule has 354 valence electrons. The van der Waals surface area contributed by atoms with Crippen LogP contribution in [0.1, 0.15) is 56.8 Å². The molecular weight excluding hydrogens is 992 g/mol. The first-order chi connectivity index (χ1) is 31.8. The lowest BCUT2D eigenvalue weighted by Crippen LogP contribution is -2.33. The number of carbonyl (C=O) groups is 6. The molecule has 2 atom stereocenters. The minimum absolute atomic E-state index is 0.148. The number of amides is 4. The summed E-state index contributed by atoms with van der Waals surface area (Å²) >= 11 is 24.1. The molecule has 0 bridgehead atoms. The molecular formula is C44H32Cl4F6N8O6. The van der Waals surface area contributed by atoms with Crippen molar-refractivity contribution in [2.45, 2.75) is 52.1 Å². The monoisotopic (exact) mass is 1020 g/mol. The zero-order valence-corrected chi connectivity index (χ0v) is 38.3. The number of benzene rings is 5. The zero-order valence-electron chi connectivity index (χ0n) is 35.3. The number of carbonyl (C=O) groups excluding carboxylic acids is 6. The number of azo groups is 2. The Hall–Kier alpha value is -6.74. The highest BCUT2D eigenvalue weighted by Gasteiger charge is 2.35. The summed E-state index contributed by atoms with van der Waals surface area (Å²) in [5.41, 5.74) is -2.51. The van der Waals surface area contributed by atoms with Gasteiger partial charge >= 0.3 is 12.4 Å². The number of alkyl halides is 6. The van der Waals surface area contributed by atoms with E-state index in [0.29, 0.717) is 23.3 Å². The van der Waals surface area contributed by atoms with Gasteiger partial charge in [-0.3, -0.25) is 28.8 Å². The van der Waals surface area contributed by atoms with E-state index in [1.165, 1.54) is 48.5 Å². The van der Waals surface area contributed by atoms with Gasteiger partial charge in [0.2, 0.25) is 12.1 Å². The standard InChI is InChI=1S/C44H32Cl4F6N8O6/c1-19-15-25(57-41(67)37(21(3)63)61-59-32-9-5-7-26(34(32)47)39(65)55-23-11-13-30(45)28(17-23)43(49,50)51)16-20(2)36(19)58-42(68)38(22(4)64)62-60-33-10-6-8-27(35(33)48)40(66)56-24-12-14-31(46)29(18-24)44(52,53)54/h5-18,37-38H,1-4H3,(H,55,65)(H,56,66)(H,57,67)(H,58,68). The van der Waals surface area contributed by atoms with Crippen LogP contribution in [-0.4, -0.2) is 47.3 Å². The van der Waals surface area contributed by atoms with Crippen molar-refractivity contribution in [1.29, 1.82) is 0 Å². The van der Waals surface area contributed by atoms with Gasteiger partial charge in [-0.1, -0.05) is 58.5 Å². The second-order valence-electron chi connectivity index (χ2n) is 14.5. The van der Waals surface area contributed by atoms with Gasteiger partial charge in [0.1, 0.15) is 11.4 Å². The third-order valence-electron chi connectivity index (χ3n) is 9.38. The number of nitrogens with one attached hydrogen (secondary N) is 4. The third-order valence-corrected chi connectivity index (χ3v) is 10.8. The molecule has 0 radical (unpaired) electrons. The molecule has 0 spiro atoms. The third kappa shape index (κ3) is 12.8. The van der Waals surface area contributed by atoms with Crippen LogP contribution in [0.15, 0.2) is 105 Å². The molecule has 0 aromatic heterocycles. The van der Waals surface area contributed by atoms with E-state index in [4.69, 9.17) is 46.4 Å². The molecule has 0 aliphatic carbocycles. The van der Waals surface area contributed by atoms with E-state index >= 15 is 0 Å². The highest BCUT2D eigenvalue weighted by atomic mass is 35.5. The SMILES string of the molecule is CC(=O)C(N=Nc1cccc(C(=O)Nc2ccc(Cl)c(C(F)(F)F)c2)c1Cl)C(=O)Nc1cc(C)c(NC(=O)C(N=Nc2cccc(C(=O)Nc3ccc(Cl)c(C(F)(F)F)c3)c2Cl)C(C)=O)c(C)c1. The van der Waals surface area contributed by atoms with Crippen LogP contribution in [0, 0.1) is 13.8 Å². The van der Waals surface area contributed by atoms with Crippen LogP contribution in [0.2, 0.25) is 20.1 Å². The van der Waals surface area contributed by atoms with Crippen molar-refractivity contribution in [1.82, 2.24) is 0 Å². The number of hydrogen-bond donors (Lipinski definition) is 4. The van der Waals surface area contributed by atoms with Gasteiger partial charge in [-0.05, 0) is 112 Å². The predicted octanol–water partition coefficient (Wildman–Crippen LogP) is 12.8. The molecule has 0 aliphatic rings. The number of hydrogen-bond acceptors (Lipinski definition) is 10. The number of aryl methyl sites for hydroxylation is 2. The average Bonchev–Trinajstić information content (AvgIpc) is 3.23. The highest BCUT2D eigenvalue weighted by molar-refractivity contribution is 6.37. The van der Waals surface area contributed by atoms with Gasteiger partial charge in [-0.25, -0.2) is 0 Å².